The van der Waals surface area contributed by atoms with E-state index in [-0.39, 0.29) is 0 Å². The molecule has 24 heavy (non-hydrogen) atoms. The van der Waals surface area contributed by atoms with Gasteiger partial charge >= 0.3 is 0 Å². The lowest BCUT2D eigenvalue weighted by molar-refractivity contribution is 0.898. The summed E-state index contributed by atoms with van der Waals surface area (Å²) in [6.07, 6.45) is 2.14. The van der Waals surface area contributed by atoms with Gasteiger partial charge in [-0.25, -0.2) is 0 Å². The first-order valence-electron chi connectivity index (χ1n) is 8.42. The van der Waals surface area contributed by atoms with Crippen LogP contribution in [0.15, 0.2) is 60.8 Å². The number of hydrogen-bond acceptors (Lipinski definition) is 2. The van der Waals surface area contributed by atoms with E-state index in [0.717, 1.165) is 6.67 Å². The third-order valence-electron chi connectivity index (χ3n) is 4.75. The minimum Gasteiger partial charge on any atom is -0.372 e. The number of aryl methyl sites for hydroxylation is 3. The second-order valence-electron chi connectivity index (χ2n) is 6.59. The molecule has 1 aliphatic rings. The Morgan fingerprint density at radius 1 is 0.875 bits per heavy atom. The van der Waals surface area contributed by atoms with Crippen molar-refractivity contribution >= 4 is 22.2 Å². The number of hydrogen-bond donors (Lipinski definition) is 1. The summed E-state index contributed by atoms with van der Waals surface area (Å²) in [7, 11) is 0. The van der Waals surface area contributed by atoms with Crippen molar-refractivity contribution in [1.82, 2.24) is 5.32 Å². The van der Waals surface area contributed by atoms with E-state index in [0.29, 0.717) is 0 Å². The SMILES string of the molecule is Cc1cc(C)c(N2CNC=C2c2cccc3ccccc23)c(C)c1. The Morgan fingerprint density at radius 2 is 1.58 bits per heavy atom. The van der Waals surface area contributed by atoms with Crippen LogP contribution >= 0.6 is 0 Å². The zero-order valence-corrected chi connectivity index (χ0v) is 14.4. The third kappa shape index (κ3) is 2.35. The average Bonchev–Trinajstić information content (AvgIpc) is 3.02. The maximum atomic E-state index is 3.42. The van der Waals surface area contributed by atoms with E-state index >= 15 is 0 Å². The second-order valence-corrected chi connectivity index (χ2v) is 6.59. The molecule has 0 aliphatic carbocycles. The normalized spacial score (nSPS) is 14.0. The minimum absolute atomic E-state index is 0.809. The summed E-state index contributed by atoms with van der Waals surface area (Å²) < 4.78 is 0. The van der Waals surface area contributed by atoms with Crippen molar-refractivity contribution in [1.29, 1.82) is 0 Å². The van der Waals surface area contributed by atoms with Crippen LogP contribution in [0.4, 0.5) is 5.69 Å². The number of fused-ring (bicyclic) bond motifs is 1. The van der Waals surface area contributed by atoms with Crippen molar-refractivity contribution in [2.24, 2.45) is 0 Å². The lowest BCUT2D eigenvalue weighted by Gasteiger charge is -2.26. The molecule has 0 amide bonds. The van der Waals surface area contributed by atoms with Crippen LogP contribution < -0.4 is 10.2 Å². The van der Waals surface area contributed by atoms with Gasteiger partial charge in [-0.15, -0.1) is 0 Å². The molecular formula is C22H22N2. The molecule has 120 valence electrons. The Kier molecular flexibility index (Phi) is 3.53. The van der Waals surface area contributed by atoms with Gasteiger partial charge in [0.2, 0.25) is 0 Å². The predicted octanol–water partition coefficient (Wildman–Crippen LogP) is 5.13. The summed E-state index contributed by atoms with van der Waals surface area (Å²) in [5.74, 6) is 0. The molecule has 1 aliphatic heterocycles. The van der Waals surface area contributed by atoms with Crippen molar-refractivity contribution in [3.63, 3.8) is 0 Å². The maximum absolute atomic E-state index is 3.42. The maximum Gasteiger partial charge on any atom is 0.0922 e. The number of nitrogens with one attached hydrogen (secondary N) is 1. The highest BCUT2D eigenvalue weighted by atomic mass is 15.3. The zero-order valence-electron chi connectivity index (χ0n) is 14.4. The average molecular weight is 314 g/mol. The largest absolute Gasteiger partial charge is 0.372 e. The van der Waals surface area contributed by atoms with E-state index in [9.17, 15) is 0 Å². The van der Waals surface area contributed by atoms with Crippen molar-refractivity contribution in [3.05, 3.63) is 83.1 Å². The summed E-state index contributed by atoms with van der Waals surface area (Å²) in [4.78, 5) is 2.39. The molecule has 0 atom stereocenters. The fourth-order valence-corrected chi connectivity index (χ4v) is 3.87. The molecule has 0 bridgehead atoms. The van der Waals surface area contributed by atoms with Crippen LogP contribution in [0, 0.1) is 20.8 Å². The van der Waals surface area contributed by atoms with Gasteiger partial charge in [0, 0.05) is 17.5 Å². The fraction of sp³-hybridized carbons (Fsp3) is 0.182. The van der Waals surface area contributed by atoms with E-state index < -0.39 is 0 Å². The summed E-state index contributed by atoms with van der Waals surface area (Å²) in [6.45, 7) is 7.37. The first-order valence-corrected chi connectivity index (χ1v) is 8.42. The summed E-state index contributed by atoms with van der Waals surface area (Å²) in [5, 5.41) is 5.99. The first kappa shape index (κ1) is 14.8. The van der Waals surface area contributed by atoms with Gasteiger partial charge in [0.25, 0.3) is 0 Å². The first-order chi connectivity index (χ1) is 11.6. The van der Waals surface area contributed by atoms with E-state index in [1.54, 1.807) is 0 Å². The molecule has 4 rings (SSSR count). The molecule has 2 heteroatoms. The summed E-state index contributed by atoms with van der Waals surface area (Å²) in [5.41, 5.74) is 7.78. The Hall–Kier alpha value is -2.74. The molecule has 2 nitrogen and oxygen atoms in total. The molecule has 0 radical (unpaired) electrons. The minimum atomic E-state index is 0.809. The number of benzene rings is 3. The number of nitrogens with zero attached hydrogens (tertiary/aromatic N) is 1. The van der Waals surface area contributed by atoms with E-state index in [2.05, 4.69) is 91.8 Å². The molecule has 0 aromatic heterocycles. The lowest BCUT2D eigenvalue weighted by Crippen LogP contribution is -2.24. The van der Waals surface area contributed by atoms with Gasteiger partial charge < -0.3 is 10.2 Å². The monoisotopic (exact) mass is 314 g/mol. The molecule has 0 saturated carbocycles. The fourth-order valence-electron chi connectivity index (χ4n) is 3.87. The van der Waals surface area contributed by atoms with Gasteiger partial charge in [-0.2, -0.15) is 0 Å². The highest BCUT2D eigenvalue weighted by Gasteiger charge is 2.22. The molecule has 0 saturated heterocycles. The molecule has 3 aromatic carbocycles. The quantitative estimate of drug-likeness (QED) is 0.705. The third-order valence-corrected chi connectivity index (χ3v) is 4.75. The van der Waals surface area contributed by atoms with Crippen molar-refractivity contribution < 1.29 is 0 Å². The van der Waals surface area contributed by atoms with Gasteiger partial charge in [0.1, 0.15) is 0 Å². The molecule has 1 N–H and O–H groups in total. The highest BCUT2D eigenvalue weighted by molar-refractivity contribution is 5.98. The van der Waals surface area contributed by atoms with Crippen LogP contribution in [0.1, 0.15) is 22.3 Å². The lowest BCUT2D eigenvalue weighted by atomic mass is 10.00. The van der Waals surface area contributed by atoms with E-state index in [1.165, 1.54) is 44.4 Å². The van der Waals surface area contributed by atoms with Gasteiger partial charge in [-0.3, -0.25) is 0 Å². The molecular weight excluding hydrogens is 292 g/mol. The smallest absolute Gasteiger partial charge is 0.0922 e. The Morgan fingerprint density at radius 3 is 2.38 bits per heavy atom. The van der Waals surface area contributed by atoms with Crippen molar-refractivity contribution in [2.45, 2.75) is 20.8 Å². The van der Waals surface area contributed by atoms with Gasteiger partial charge in [-0.05, 0) is 42.7 Å². The van der Waals surface area contributed by atoms with Gasteiger partial charge in [-0.1, -0.05) is 60.2 Å². The molecule has 1 heterocycles. The standard InChI is InChI=1S/C22H22N2/c1-15-11-16(2)22(17(3)12-15)24-14-23-13-21(24)20-10-6-8-18-7-4-5-9-19(18)20/h4-13,23H,14H2,1-3H3. The van der Waals surface area contributed by atoms with Gasteiger partial charge in [0.15, 0.2) is 0 Å². The Labute approximate surface area is 143 Å². The predicted molar refractivity (Wildman–Crippen MR) is 103 cm³/mol. The van der Waals surface area contributed by atoms with Crippen LogP contribution in [0.25, 0.3) is 16.5 Å². The second kappa shape index (κ2) is 5.72. The van der Waals surface area contributed by atoms with Crippen LogP contribution in [-0.2, 0) is 0 Å². The van der Waals surface area contributed by atoms with Crippen molar-refractivity contribution in [3.8, 4) is 0 Å². The molecule has 3 aromatic rings. The van der Waals surface area contributed by atoms with Crippen LogP contribution in [0.5, 0.6) is 0 Å². The molecule has 0 unspecified atom stereocenters. The van der Waals surface area contributed by atoms with Crippen molar-refractivity contribution in [2.75, 3.05) is 11.6 Å². The summed E-state index contributed by atoms with van der Waals surface area (Å²) >= 11 is 0. The van der Waals surface area contributed by atoms with E-state index in [4.69, 9.17) is 0 Å². The highest BCUT2D eigenvalue weighted by Crippen LogP contribution is 2.36. The zero-order chi connectivity index (χ0) is 16.7. The van der Waals surface area contributed by atoms with Gasteiger partial charge in [0.05, 0.1) is 12.4 Å². The molecule has 0 fully saturated rings. The number of rotatable bonds is 2. The topological polar surface area (TPSA) is 15.3 Å². The Bertz CT molecular complexity index is 925. The van der Waals surface area contributed by atoms with Crippen LogP contribution in [-0.4, -0.2) is 6.67 Å². The molecule has 0 spiro atoms. The number of anilines is 1. The van der Waals surface area contributed by atoms with E-state index in [1.807, 2.05) is 0 Å². The van der Waals surface area contributed by atoms with Crippen LogP contribution in [0.2, 0.25) is 0 Å². The summed E-state index contributed by atoms with van der Waals surface area (Å²) in [6, 6.07) is 19.7. The van der Waals surface area contributed by atoms with Crippen LogP contribution in [0.3, 0.4) is 0 Å². The Balaban J connectivity index is 1.87.